The molecule has 1 N–H and O–H groups in total. The topological polar surface area (TPSA) is 68.3 Å². The van der Waals surface area contributed by atoms with Crippen molar-refractivity contribution in [3.05, 3.63) is 41.7 Å². The van der Waals surface area contributed by atoms with Gasteiger partial charge in [-0.15, -0.1) is 0 Å². The first kappa shape index (κ1) is 11.5. The van der Waals surface area contributed by atoms with Gasteiger partial charge in [-0.05, 0) is 36.8 Å². The molecular formula is C14H12N2O3. The van der Waals surface area contributed by atoms with Crippen molar-refractivity contribution in [2.45, 2.75) is 6.92 Å². The lowest BCUT2D eigenvalue weighted by Gasteiger charge is -2.00. The van der Waals surface area contributed by atoms with E-state index in [4.69, 9.17) is 9.52 Å². The van der Waals surface area contributed by atoms with E-state index in [1.54, 1.807) is 24.5 Å². The van der Waals surface area contributed by atoms with Crippen molar-refractivity contribution in [3.8, 4) is 11.6 Å². The van der Waals surface area contributed by atoms with Crippen molar-refractivity contribution < 1.29 is 14.3 Å². The molecule has 0 bridgehead atoms. The normalized spacial score (nSPS) is 11.1. The zero-order valence-electron chi connectivity index (χ0n) is 10.5. The Bertz CT molecular complexity index is 783. The second kappa shape index (κ2) is 3.98. The highest BCUT2D eigenvalue weighted by molar-refractivity contribution is 5.93. The van der Waals surface area contributed by atoms with Gasteiger partial charge in [0.1, 0.15) is 0 Å². The predicted octanol–water partition coefficient (Wildman–Crippen LogP) is 2.84. The summed E-state index contributed by atoms with van der Waals surface area (Å²) in [6.45, 7) is 1.95. The summed E-state index contributed by atoms with van der Waals surface area (Å²) in [6.07, 6.45) is 1.62. The second-order valence-electron chi connectivity index (χ2n) is 4.44. The third-order valence-corrected chi connectivity index (χ3v) is 3.19. The molecule has 0 atom stereocenters. The standard InChI is InChI=1S/C14H12N2O3/c1-8-5-6-19-12(8)13-15-10-7-9(14(17)18)3-4-11(10)16(13)2/h3-7H,1-2H3,(H,17,18). The van der Waals surface area contributed by atoms with Crippen LogP contribution in [-0.2, 0) is 7.05 Å². The molecule has 0 saturated carbocycles. The smallest absolute Gasteiger partial charge is 0.335 e. The molecule has 0 spiro atoms. The highest BCUT2D eigenvalue weighted by atomic mass is 16.4. The molecule has 0 aliphatic rings. The summed E-state index contributed by atoms with van der Waals surface area (Å²) in [4.78, 5) is 15.4. The minimum absolute atomic E-state index is 0.230. The van der Waals surface area contributed by atoms with E-state index in [0.29, 0.717) is 17.1 Å². The molecule has 5 nitrogen and oxygen atoms in total. The average Bonchev–Trinajstić information content (AvgIpc) is 2.93. The molecule has 5 heteroatoms. The molecule has 0 unspecified atom stereocenters. The Morgan fingerprint density at radius 3 is 2.79 bits per heavy atom. The first-order valence-corrected chi connectivity index (χ1v) is 5.82. The number of carbonyl (C=O) groups is 1. The lowest BCUT2D eigenvalue weighted by molar-refractivity contribution is 0.0697. The van der Waals surface area contributed by atoms with E-state index in [-0.39, 0.29) is 5.56 Å². The molecule has 1 aromatic carbocycles. The fraction of sp³-hybridized carbons (Fsp3) is 0.143. The number of furan rings is 1. The van der Waals surface area contributed by atoms with Gasteiger partial charge >= 0.3 is 5.97 Å². The van der Waals surface area contributed by atoms with Gasteiger partial charge in [-0.3, -0.25) is 0 Å². The van der Waals surface area contributed by atoms with Crippen molar-refractivity contribution in [2.24, 2.45) is 7.05 Å². The maximum Gasteiger partial charge on any atom is 0.335 e. The van der Waals surface area contributed by atoms with Crippen LogP contribution >= 0.6 is 0 Å². The molecule has 0 radical (unpaired) electrons. The molecule has 19 heavy (non-hydrogen) atoms. The zero-order valence-corrected chi connectivity index (χ0v) is 10.5. The Hall–Kier alpha value is -2.56. The summed E-state index contributed by atoms with van der Waals surface area (Å²) in [5, 5.41) is 9.00. The van der Waals surface area contributed by atoms with Gasteiger partial charge in [-0.2, -0.15) is 0 Å². The monoisotopic (exact) mass is 256 g/mol. The minimum Gasteiger partial charge on any atom is -0.478 e. The lowest BCUT2D eigenvalue weighted by atomic mass is 10.2. The van der Waals surface area contributed by atoms with Crippen molar-refractivity contribution in [2.75, 3.05) is 0 Å². The minimum atomic E-state index is -0.955. The Kier molecular flexibility index (Phi) is 2.41. The van der Waals surface area contributed by atoms with E-state index in [9.17, 15) is 4.79 Å². The number of nitrogens with zero attached hydrogens (tertiary/aromatic N) is 2. The fourth-order valence-corrected chi connectivity index (χ4v) is 2.14. The van der Waals surface area contributed by atoms with Crippen molar-refractivity contribution >= 4 is 17.0 Å². The van der Waals surface area contributed by atoms with Crippen molar-refractivity contribution in [1.82, 2.24) is 9.55 Å². The number of aromatic nitrogens is 2. The van der Waals surface area contributed by atoms with Gasteiger partial charge in [0.2, 0.25) is 0 Å². The number of hydrogen-bond acceptors (Lipinski definition) is 3. The molecule has 0 fully saturated rings. The summed E-state index contributed by atoms with van der Waals surface area (Å²) < 4.78 is 7.33. The van der Waals surface area contributed by atoms with Gasteiger partial charge in [0.25, 0.3) is 0 Å². The molecule has 0 saturated heterocycles. The average molecular weight is 256 g/mol. The summed E-state index contributed by atoms with van der Waals surface area (Å²) in [5.41, 5.74) is 2.74. The molecule has 0 aliphatic heterocycles. The second-order valence-corrected chi connectivity index (χ2v) is 4.44. The number of aryl methyl sites for hydroxylation is 2. The maximum absolute atomic E-state index is 11.0. The number of carboxylic acid groups (broad SMARTS) is 1. The fourth-order valence-electron chi connectivity index (χ4n) is 2.14. The number of fused-ring (bicyclic) bond motifs is 1. The van der Waals surface area contributed by atoms with Crippen LogP contribution in [-0.4, -0.2) is 20.6 Å². The Labute approximate surface area is 109 Å². The SMILES string of the molecule is Cc1ccoc1-c1nc2cc(C(=O)O)ccc2n1C. The number of rotatable bonds is 2. The quantitative estimate of drug-likeness (QED) is 0.765. The van der Waals surface area contributed by atoms with Gasteiger partial charge in [-0.25, -0.2) is 9.78 Å². The Morgan fingerprint density at radius 1 is 1.37 bits per heavy atom. The van der Waals surface area contributed by atoms with Crippen LogP contribution < -0.4 is 0 Å². The largest absolute Gasteiger partial charge is 0.478 e. The van der Waals surface area contributed by atoms with Crippen molar-refractivity contribution in [1.29, 1.82) is 0 Å². The van der Waals surface area contributed by atoms with Crippen LogP contribution in [0.4, 0.5) is 0 Å². The number of carboxylic acids is 1. The van der Waals surface area contributed by atoms with Crippen LogP contribution in [0.1, 0.15) is 15.9 Å². The Balaban J connectivity index is 2.26. The maximum atomic E-state index is 11.0. The third kappa shape index (κ3) is 1.71. The number of hydrogen-bond donors (Lipinski definition) is 1. The summed E-state index contributed by atoms with van der Waals surface area (Å²) in [5.74, 6) is 0.443. The third-order valence-electron chi connectivity index (χ3n) is 3.19. The number of imidazole rings is 1. The molecular weight excluding hydrogens is 244 g/mol. The van der Waals surface area contributed by atoms with Crippen LogP contribution in [0.15, 0.2) is 34.9 Å². The van der Waals surface area contributed by atoms with Crippen LogP contribution in [0, 0.1) is 6.92 Å². The molecule has 0 amide bonds. The van der Waals surface area contributed by atoms with E-state index in [1.165, 1.54) is 0 Å². The van der Waals surface area contributed by atoms with E-state index < -0.39 is 5.97 Å². The van der Waals surface area contributed by atoms with Gasteiger partial charge in [0.05, 0.1) is 22.9 Å². The van der Waals surface area contributed by atoms with Crippen LogP contribution in [0.25, 0.3) is 22.6 Å². The molecule has 96 valence electrons. The summed E-state index contributed by atoms with van der Waals surface area (Å²) >= 11 is 0. The summed E-state index contributed by atoms with van der Waals surface area (Å²) in [6, 6.07) is 6.77. The van der Waals surface area contributed by atoms with E-state index in [2.05, 4.69) is 4.98 Å². The first-order valence-electron chi connectivity index (χ1n) is 5.82. The number of aromatic carboxylic acids is 1. The van der Waals surface area contributed by atoms with E-state index in [0.717, 1.165) is 11.1 Å². The van der Waals surface area contributed by atoms with Gasteiger partial charge in [0.15, 0.2) is 11.6 Å². The van der Waals surface area contributed by atoms with Crippen molar-refractivity contribution in [3.63, 3.8) is 0 Å². The van der Waals surface area contributed by atoms with Gasteiger partial charge < -0.3 is 14.1 Å². The first-order chi connectivity index (χ1) is 9.08. The van der Waals surface area contributed by atoms with E-state index >= 15 is 0 Å². The molecule has 3 rings (SSSR count). The predicted molar refractivity (Wildman–Crippen MR) is 70.1 cm³/mol. The number of benzene rings is 1. The van der Waals surface area contributed by atoms with Gasteiger partial charge in [0, 0.05) is 7.05 Å². The molecule has 2 heterocycles. The van der Waals surface area contributed by atoms with Gasteiger partial charge in [-0.1, -0.05) is 0 Å². The molecule has 3 aromatic rings. The van der Waals surface area contributed by atoms with E-state index in [1.807, 2.05) is 24.6 Å². The zero-order chi connectivity index (χ0) is 13.6. The van der Waals surface area contributed by atoms with Crippen LogP contribution in [0.5, 0.6) is 0 Å². The summed E-state index contributed by atoms with van der Waals surface area (Å²) in [7, 11) is 1.88. The lowest BCUT2D eigenvalue weighted by Crippen LogP contribution is -1.95. The molecule has 0 aliphatic carbocycles. The molecule has 2 aromatic heterocycles. The highest BCUT2D eigenvalue weighted by Gasteiger charge is 2.15. The highest BCUT2D eigenvalue weighted by Crippen LogP contribution is 2.27. The van der Waals surface area contributed by atoms with Crippen LogP contribution in [0.3, 0.4) is 0 Å². The Morgan fingerprint density at radius 2 is 2.16 bits per heavy atom. The van der Waals surface area contributed by atoms with Crippen LogP contribution in [0.2, 0.25) is 0 Å².